The number of nitrogens with zero attached hydrogens (tertiary/aromatic N) is 6. The molecule has 0 aliphatic rings. The van der Waals surface area contributed by atoms with Crippen LogP contribution in [0.25, 0.3) is 5.65 Å². The maximum Gasteiger partial charge on any atom is 0.414 e. The van der Waals surface area contributed by atoms with E-state index in [4.69, 9.17) is 10.3 Å². The topological polar surface area (TPSA) is 116 Å². The lowest BCUT2D eigenvalue weighted by atomic mass is 10.4. The third kappa shape index (κ3) is 1.85. The highest BCUT2D eigenvalue weighted by Gasteiger charge is 2.16. The molecule has 0 radical (unpaired) electrons. The highest BCUT2D eigenvalue weighted by molar-refractivity contribution is 5.83. The molecule has 0 saturated carbocycles. The molecule has 0 aromatic carbocycles. The van der Waals surface area contributed by atoms with Gasteiger partial charge < -0.3 is 10.3 Å². The van der Waals surface area contributed by atoms with Gasteiger partial charge in [0.1, 0.15) is 5.69 Å². The molecule has 2 heterocycles. The first kappa shape index (κ1) is 10.8. The summed E-state index contributed by atoms with van der Waals surface area (Å²) in [6.07, 6.45) is -0.0633. The summed E-state index contributed by atoms with van der Waals surface area (Å²) in [7, 11) is 1.33. The van der Waals surface area contributed by atoms with E-state index in [0.29, 0.717) is 11.3 Å². The van der Waals surface area contributed by atoms with Gasteiger partial charge in [-0.3, -0.25) is 0 Å². The zero-order valence-electron chi connectivity index (χ0n) is 8.72. The first-order valence-electron chi connectivity index (χ1n) is 4.50. The van der Waals surface area contributed by atoms with Gasteiger partial charge in [-0.1, -0.05) is 5.16 Å². The van der Waals surface area contributed by atoms with Crippen molar-refractivity contribution < 1.29 is 15.1 Å². The van der Waals surface area contributed by atoms with E-state index in [1.807, 2.05) is 0 Å². The third-order valence-corrected chi connectivity index (χ3v) is 2.04. The minimum atomic E-state index is -1.18. The second-order valence-corrected chi connectivity index (χ2v) is 3.11. The summed E-state index contributed by atoms with van der Waals surface area (Å²) in [5.41, 5.74) is 0.739. The molecule has 2 aromatic heterocycles. The summed E-state index contributed by atoms with van der Waals surface area (Å²) in [6, 6.07) is 3.14. The summed E-state index contributed by atoms with van der Waals surface area (Å²) in [5, 5.41) is 31.5. The van der Waals surface area contributed by atoms with Crippen LogP contribution in [0.15, 0.2) is 17.3 Å². The molecule has 0 fully saturated rings. The Morgan fingerprint density at radius 3 is 2.94 bits per heavy atom. The molecule has 2 aromatic rings. The average Bonchev–Trinajstić information content (AvgIpc) is 2.71. The SMILES string of the molecule is CN(C(=O)O)c1nnc2ccc(C=NO)nn12. The van der Waals surface area contributed by atoms with Crippen LogP contribution in [0.5, 0.6) is 0 Å². The molecule has 88 valence electrons. The van der Waals surface area contributed by atoms with Crippen LogP contribution in [0.1, 0.15) is 5.69 Å². The van der Waals surface area contributed by atoms with Gasteiger partial charge in [-0.15, -0.1) is 10.2 Å². The fourth-order valence-electron chi connectivity index (χ4n) is 1.21. The van der Waals surface area contributed by atoms with Gasteiger partial charge in [-0.25, -0.2) is 9.69 Å². The summed E-state index contributed by atoms with van der Waals surface area (Å²) in [6.45, 7) is 0. The number of anilines is 1. The van der Waals surface area contributed by atoms with Crippen molar-refractivity contribution in [1.82, 2.24) is 19.8 Å². The first-order valence-corrected chi connectivity index (χ1v) is 4.50. The van der Waals surface area contributed by atoms with E-state index in [1.165, 1.54) is 11.6 Å². The van der Waals surface area contributed by atoms with Gasteiger partial charge in [0.25, 0.3) is 5.95 Å². The van der Waals surface area contributed by atoms with Crippen molar-refractivity contribution in [3.8, 4) is 0 Å². The predicted octanol–water partition coefficient (Wildman–Crippen LogP) is 0.0466. The van der Waals surface area contributed by atoms with Gasteiger partial charge in [-0.05, 0) is 12.1 Å². The van der Waals surface area contributed by atoms with Crippen LogP contribution in [-0.2, 0) is 0 Å². The summed E-state index contributed by atoms with van der Waals surface area (Å²) in [5.74, 6) is 0.0562. The monoisotopic (exact) mass is 236 g/mol. The number of oxime groups is 1. The molecule has 2 N–H and O–H groups in total. The highest BCUT2D eigenvalue weighted by atomic mass is 16.4. The molecule has 0 aliphatic heterocycles. The molecular formula is C8H8N6O3. The smallest absolute Gasteiger partial charge is 0.414 e. The predicted molar refractivity (Wildman–Crippen MR) is 56.6 cm³/mol. The molecule has 9 heteroatoms. The molecule has 2 rings (SSSR count). The Morgan fingerprint density at radius 1 is 1.53 bits per heavy atom. The molecule has 17 heavy (non-hydrogen) atoms. The molecule has 0 unspecified atom stereocenters. The fraction of sp³-hybridized carbons (Fsp3) is 0.125. The Balaban J connectivity index is 2.57. The Bertz CT molecular complexity index is 592. The van der Waals surface area contributed by atoms with Gasteiger partial charge in [0, 0.05) is 7.05 Å². The standard InChI is InChI=1S/C8H8N6O3/c1-13(8(15)16)7-11-10-6-3-2-5(4-9-17)12-14(6)7/h2-4,17H,1H3,(H,15,16). The zero-order chi connectivity index (χ0) is 12.4. The van der Waals surface area contributed by atoms with E-state index >= 15 is 0 Å². The van der Waals surface area contributed by atoms with E-state index in [-0.39, 0.29) is 5.95 Å². The second kappa shape index (κ2) is 4.04. The first-order chi connectivity index (χ1) is 8.13. The maximum absolute atomic E-state index is 10.8. The fourth-order valence-corrected chi connectivity index (χ4v) is 1.21. The lowest BCUT2D eigenvalue weighted by Gasteiger charge is -2.08. The molecule has 0 saturated heterocycles. The van der Waals surface area contributed by atoms with Crippen LogP contribution < -0.4 is 4.90 Å². The van der Waals surface area contributed by atoms with Crippen molar-refractivity contribution in [2.24, 2.45) is 5.16 Å². The van der Waals surface area contributed by atoms with Crippen molar-refractivity contribution in [1.29, 1.82) is 0 Å². The number of fused-ring (bicyclic) bond motifs is 1. The van der Waals surface area contributed by atoms with Gasteiger partial charge in [0.2, 0.25) is 0 Å². The van der Waals surface area contributed by atoms with Gasteiger partial charge in [-0.2, -0.15) is 9.61 Å². The average molecular weight is 236 g/mol. The Hall–Kier alpha value is -2.71. The van der Waals surface area contributed by atoms with E-state index in [2.05, 4.69) is 20.5 Å². The Labute approximate surface area is 94.6 Å². The maximum atomic E-state index is 10.8. The molecule has 0 aliphatic carbocycles. The lowest BCUT2D eigenvalue weighted by Crippen LogP contribution is -2.26. The molecular weight excluding hydrogens is 228 g/mol. The zero-order valence-corrected chi connectivity index (χ0v) is 8.72. The number of rotatable bonds is 2. The van der Waals surface area contributed by atoms with Crippen molar-refractivity contribution >= 4 is 23.9 Å². The van der Waals surface area contributed by atoms with Gasteiger partial charge in [0.05, 0.1) is 6.21 Å². The highest BCUT2D eigenvalue weighted by Crippen LogP contribution is 2.10. The van der Waals surface area contributed by atoms with E-state index < -0.39 is 6.09 Å². The number of carbonyl (C=O) groups is 1. The third-order valence-electron chi connectivity index (χ3n) is 2.04. The minimum absolute atomic E-state index is 0.0562. The Morgan fingerprint density at radius 2 is 2.29 bits per heavy atom. The normalized spacial score (nSPS) is 11.1. The van der Waals surface area contributed by atoms with Crippen LogP contribution in [0, 0.1) is 0 Å². The summed E-state index contributed by atoms with van der Waals surface area (Å²) >= 11 is 0. The van der Waals surface area contributed by atoms with E-state index in [9.17, 15) is 4.79 Å². The molecule has 9 nitrogen and oxygen atoms in total. The minimum Gasteiger partial charge on any atom is -0.465 e. The van der Waals surface area contributed by atoms with Crippen LogP contribution in [0.4, 0.5) is 10.7 Å². The van der Waals surface area contributed by atoms with Crippen LogP contribution in [0.2, 0.25) is 0 Å². The van der Waals surface area contributed by atoms with E-state index in [0.717, 1.165) is 11.1 Å². The second-order valence-electron chi connectivity index (χ2n) is 3.11. The number of amides is 1. The van der Waals surface area contributed by atoms with Crippen molar-refractivity contribution in [3.63, 3.8) is 0 Å². The number of carboxylic acid groups (broad SMARTS) is 1. The molecule has 0 atom stereocenters. The summed E-state index contributed by atoms with van der Waals surface area (Å²) < 4.78 is 1.24. The number of hydrogen-bond donors (Lipinski definition) is 2. The quantitative estimate of drug-likeness (QED) is 0.432. The van der Waals surface area contributed by atoms with Crippen LogP contribution in [-0.4, -0.2) is 49.5 Å². The van der Waals surface area contributed by atoms with Gasteiger partial charge >= 0.3 is 6.09 Å². The molecule has 1 amide bonds. The lowest BCUT2D eigenvalue weighted by molar-refractivity contribution is 0.203. The van der Waals surface area contributed by atoms with Crippen molar-refractivity contribution in [3.05, 3.63) is 17.8 Å². The van der Waals surface area contributed by atoms with Crippen LogP contribution in [0.3, 0.4) is 0 Å². The number of aromatic nitrogens is 4. The number of hydrogen-bond acceptors (Lipinski definition) is 6. The van der Waals surface area contributed by atoms with Crippen molar-refractivity contribution in [2.75, 3.05) is 11.9 Å². The molecule has 0 spiro atoms. The van der Waals surface area contributed by atoms with Crippen molar-refractivity contribution in [2.45, 2.75) is 0 Å². The van der Waals surface area contributed by atoms with Gasteiger partial charge in [0.15, 0.2) is 5.65 Å². The molecule has 0 bridgehead atoms. The largest absolute Gasteiger partial charge is 0.465 e. The van der Waals surface area contributed by atoms with E-state index in [1.54, 1.807) is 12.1 Å². The summed E-state index contributed by atoms with van der Waals surface area (Å²) in [4.78, 5) is 11.7. The van der Waals surface area contributed by atoms with Crippen LogP contribution >= 0.6 is 0 Å². The Kier molecular flexibility index (Phi) is 2.57.